The molecule has 3 heteroatoms. The van der Waals surface area contributed by atoms with Crippen molar-refractivity contribution in [3.63, 3.8) is 0 Å². The highest BCUT2D eigenvalue weighted by atomic mass is 35.5. The molecule has 1 fully saturated rings. The second kappa shape index (κ2) is 3.56. The van der Waals surface area contributed by atoms with E-state index in [9.17, 15) is 0 Å². The van der Waals surface area contributed by atoms with Gasteiger partial charge in [-0.1, -0.05) is 13.8 Å². The van der Waals surface area contributed by atoms with Gasteiger partial charge in [0.1, 0.15) is 0 Å². The third-order valence-corrected chi connectivity index (χ3v) is 1.83. The van der Waals surface area contributed by atoms with E-state index in [0.717, 1.165) is 0 Å². The minimum Gasteiger partial charge on any atom is -0.350 e. The highest BCUT2D eigenvalue weighted by molar-refractivity contribution is 6.18. The molecule has 10 heavy (non-hydrogen) atoms. The first-order valence-electron chi connectivity index (χ1n) is 3.57. The third-order valence-electron chi connectivity index (χ3n) is 1.49. The molecule has 0 spiro atoms. The molecule has 1 saturated heterocycles. The van der Waals surface area contributed by atoms with Gasteiger partial charge in [0.25, 0.3) is 0 Å². The van der Waals surface area contributed by atoms with Crippen molar-refractivity contribution >= 4 is 11.6 Å². The fourth-order valence-corrected chi connectivity index (χ4v) is 1.06. The molecule has 0 unspecified atom stereocenters. The number of halogens is 1. The summed E-state index contributed by atoms with van der Waals surface area (Å²) >= 11 is 5.57. The van der Waals surface area contributed by atoms with E-state index < -0.39 is 0 Å². The van der Waals surface area contributed by atoms with Gasteiger partial charge in [-0.3, -0.25) is 0 Å². The monoisotopic (exact) mass is 164 g/mol. The van der Waals surface area contributed by atoms with Crippen LogP contribution in [0.2, 0.25) is 0 Å². The van der Waals surface area contributed by atoms with Crippen molar-refractivity contribution in [2.24, 2.45) is 5.92 Å². The molecule has 0 aromatic heterocycles. The molecule has 0 amide bonds. The van der Waals surface area contributed by atoms with Crippen LogP contribution in [0.3, 0.4) is 0 Å². The van der Waals surface area contributed by atoms with Gasteiger partial charge in [0, 0.05) is 5.92 Å². The van der Waals surface area contributed by atoms with Crippen LogP contribution in [0.4, 0.5) is 0 Å². The molecule has 1 rings (SSSR count). The molecule has 1 aliphatic heterocycles. The molecule has 0 aromatic rings. The lowest BCUT2D eigenvalue weighted by molar-refractivity contribution is -0.0842. The van der Waals surface area contributed by atoms with E-state index in [1.807, 2.05) is 0 Å². The fourth-order valence-electron chi connectivity index (χ4n) is 0.901. The Morgan fingerprint density at radius 1 is 1.60 bits per heavy atom. The zero-order chi connectivity index (χ0) is 7.56. The smallest absolute Gasteiger partial charge is 0.160 e. The maximum Gasteiger partial charge on any atom is 0.160 e. The molecule has 1 aliphatic rings. The molecule has 0 aliphatic carbocycles. The summed E-state index contributed by atoms with van der Waals surface area (Å²) in [7, 11) is 0. The Balaban J connectivity index is 2.28. The van der Waals surface area contributed by atoms with Crippen LogP contribution in [-0.4, -0.2) is 24.9 Å². The van der Waals surface area contributed by atoms with E-state index in [1.165, 1.54) is 0 Å². The molecule has 2 nitrogen and oxygen atoms in total. The van der Waals surface area contributed by atoms with Crippen molar-refractivity contribution in [1.29, 1.82) is 0 Å². The van der Waals surface area contributed by atoms with E-state index >= 15 is 0 Å². The predicted molar refractivity (Wildman–Crippen MR) is 40.2 cm³/mol. The van der Waals surface area contributed by atoms with Gasteiger partial charge in [-0.15, -0.1) is 11.6 Å². The lowest BCUT2D eigenvalue weighted by Crippen LogP contribution is -2.18. The summed E-state index contributed by atoms with van der Waals surface area (Å²) in [6, 6.07) is 0. The molecule has 60 valence electrons. The van der Waals surface area contributed by atoms with E-state index in [1.54, 1.807) is 0 Å². The summed E-state index contributed by atoms with van der Waals surface area (Å²) in [4.78, 5) is 0. The van der Waals surface area contributed by atoms with Crippen LogP contribution in [0.1, 0.15) is 13.8 Å². The van der Waals surface area contributed by atoms with Gasteiger partial charge in [0.2, 0.25) is 0 Å². The van der Waals surface area contributed by atoms with E-state index in [2.05, 4.69) is 13.8 Å². The second-order valence-corrected chi connectivity index (χ2v) is 3.17. The van der Waals surface area contributed by atoms with Crippen molar-refractivity contribution in [3.8, 4) is 0 Å². The largest absolute Gasteiger partial charge is 0.350 e. The third kappa shape index (κ3) is 1.84. The van der Waals surface area contributed by atoms with Gasteiger partial charge >= 0.3 is 0 Å². The highest BCUT2D eigenvalue weighted by Crippen LogP contribution is 2.18. The number of ether oxygens (including phenoxy) is 2. The highest BCUT2D eigenvalue weighted by Gasteiger charge is 2.27. The van der Waals surface area contributed by atoms with E-state index in [4.69, 9.17) is 21.1 Å². The van der Waals surface area contributed by atoms with Gasteiger partial charge in [0.15, 0.2) is 6.29 Å². The Kier molecular flexibility index (Phi) is 2.96. The topological polar surface area (TPSA) is 18.5 Å². The summed E-state index contributed by atoms with van der Waals surface area (Å²) < 4.78 is 10.7. The predicted octanol–water partition coefficient (Wildman–Crippen LogP) is 1.62. The van der Waals surface area contributed by atoms with Crippen LogP contribution >= 0.6 is 11.6 Å². The lowest BCUT2D eigenvalue weighted by Gasteiger charge is -2.12. The summed E-state index contributed by atoms with van der Waals surface area (Å²) in [6.07, 6.45) is 0.0674. The first-order valence-corrected chi connectivity index (χ1v) is 4.10. The van der Waals surface area contributed by atoms with Gasteiger partial charge in [-0.2, -0.15) is 0 Å². The van der Waals surface area contributed by atoms with Crippen LogP contribution in [0.5, 0.6) is 0 Å². The van der Waals surface area contributed by atoms with Crippen LogP contribution in [0.15, 0.2) is 0 Å². The molecule has 0 radical (unpaired) electrons. The SMILES string of the molecule is CC(C)[C@H]1OC[C@H](CCl)O1. The molecule has 1 heterocycles. The maximum atomic E-state index is 5.57. The van der Waals surface area contributed by atoms with Crippen LogP contribution < -0.4 is 0 Å². The zero-order valence-electron chi connectivity index (χ0n) is 6.34. The van der Waals surface area contributed by atoms with E-state index in [0.29, 0.717) is 18.4 Å². The fraction of sp³-hybridized carbons (Fsp3) is 1.00. The quantitative estimate of drug-likeness (QED) is 0.578. The van der Waals surface area contributed by atoms with Crippen LogP contribution in [0.25, 0.3) is 0 Å². The average Bonchev–Trinajstić information content (AvgIpc) is 2.34. The standard InChI is InChI=1S/C7H13ClO2/c1-5(2)7-9-4-6(3-8)10-7/h5-7H,3-4H2,1-2H3/t6-,7-/m0/s1. The molecule has 0 aromatic carbocycles. The van der Waals surface area contributed by atoms with Crippen molar-refractivity contribution in [3.05, 3.63) is 0 Å². The maximum absolute atomic E-state index is 5.57. The number of rotatable bonds is 2. The summed E-state index contributed by atoms with van der Waals surface area (Å²) in [5, 5.41) is 0. The Morgan fingerprint density at radius 3 is 2.60 bits per heavy atom. The summed E-state index contributed by atoms with van der Waals surface area (Å²) in [6.45, 7) is 4.79. The average molecular weight is 165 g/mol. The molecular formula is C7H13ClO2. The van der Waals surface area contributed by atoms with Gasteiger partial charge < -0.3 is 9.47 Å². The van der Waals surface area contributed by atoms with Crippen LogP contribution in [-0.2, 0) is 9.47 Å². The molecule has 0 saturated carbocycles. The first kappa shape index (κ1) is 8.31. The van der Waals surface area contributed by atoms with Gasteiger partial charge in [-0.25, -0.2) is 0 Å². The van der Waals surface area contributed by atoms with Crippen molar-refractivity contribution in [1.82, 2.24) is 0 Å². The van der Waals surface area contributed by atoms with Gasteiger partial charge in [-0.05, 0) is 0 Å². The molecule has 0 bridgehead atoms. The van der Waals surface area contributed by atoms with Crippen LogP contribution in [0, 0.1) is 5.92 Å². The minimum absolute atomic E-state index is 0.0382. The first-order chi connectivity index (χ1) is 4.74. The summed E-state index contributed by atoms with van der Waals surface area (Å²) in [5.74, 6) is 0.955. The number of alkyl halides is 1. The number of hydrogen-bond donors (Lipinski definition) is 0. The second-order valence-electron chi connectivity index (χ2n) is 2.86. The zero-order valence-corrected chi connectivity index (χ0v) is 7.10. The Hall–Kier alpha value is 0.210. The van der Waals surface area contributed by atoms with Gasteiger partial charge in [0.05, 0.1) is 18.6 Å². The van der Waals surface area contributed by atoms with Crippen molar-refractivity contribution < 1.29 is 9.47 Å². The molecular weight excluding hydrogens is 152 g/mol. The normalized spacial score (nSPS) is 33.6. The van der Waals surface area contributed by atoms with Crippen molar-refractivity contribution in [2.45, 2.75) is 26.2 Å². The lowest BCUT2D eigenvalue weighted by atomic mass is 10.2. The number of hydrogen-bond acceptors (Lipinski definition) is 2. The minimum atomic E-state index is -0.0382. The Labute approximate surface area is 66.5 Å². The van der Waals surface area contributed by atoms with Crippen molar-refractivity contribution in [2.75, 3.05) is 12.5 Å². The molecule has 0 N–H and O–H groups in total. The molecule has 2 atom stereocenters. The summed E-state index contributed by atoms with van der Waals surface area (Å²) in [5.41, 5.74) is 0. The van der Waals surface area contributed by atoms with E-state index in [-0.39, 0.29) is 12.4 Å². The Bertz CT molecular complexity index is 106. The Morgan fingerprint density at radius 2 is 2.30 bits per heavy atom.